The highest BCUT2D eigenvalue weighted by Crippen LogP contribution is 2.37. The Labute approximate surface area is 85.3 Å². The summed E-state index contributed by atoms with van der Waals surface area (Å²) in [6.45, 7) is 0. The number of hydrogen-bond acceptors (Lipinski definition) is 8. The molecule has 0 saturated heterocycles. The fraction of sp³-hybridized carbons (Fsp3) is 0. The average Bonchev–Trinajstić information content (AvgIpc) is 2.66. The number of benzene rings is 1. The van der Waals surface area contributed by atoms with Gasteiger partial charge in [-0.05, 0) is 10.3 Å². The van der Waals surface area contributed by atoms with Crippen LogP contribution in [0.2, 0.25) is 0 Å². The van der Waals surface area contributed by atoms with Gasteiger partial charge in [0, 0.05) is 0 Å². The van der Waals surface area contributed by atoms with Crippen molar-refractivity contribution in [2.24, 2.45) is 0 Å². The van der Waals surface area contributed by atoms with Crippen LogP contribution in [0, 0.1) is 20.2 Å². The third-order valence-corrected chi connectivity index (χ3v) is 1.86. The van der Waals surface area contributed by atoms with Gasteiger partial charge in [0.25, 0.3) is 0 Å². The van der Waals surface area contributed by atoms with E-state index in [9.17, 15) is 25.3 Å². The lowest BCUT2D eigenvalue weighted by Gasteiger charge is -1.95. The van der Waals surface area contributed by atoms with Crippen LogP contribution in [0.25, 0.3) is 11.0 Å². The maximum absolute atomic E-state index is 10.6. The van der Waals surface area contributed by atoms with Gasteiger partial charge in [-0.15, -0.1) is 0 Å². The van der Waals surface area contributed by atoms with Crippen molar-refractivity contribution in [2.45, 2.75) is 0 Å². The Morgan fingerprint density at radius 1 is 1.12 bits per heavy atom. The van der Waals surface area contributed by atoms with Crippen LogP contribution in [0.5, 0.6) is 5.75 Å². The zero-order chi connectivity index (χ0) is 11.9. The van der Waals surface area contributed by atoms with Crippen LogP contribution in [-0.4, -0.2) is 25.3 Å². The molecule has 16 heavy (non-hydrogen) atoms. The highest BCUT2D eigenvalue weighted by atomic mass is 16.6. The summed E-state index contributed by atoms with van der Waals surface area (Å²) in [7, 11) is 0. The Bertz CT molecular complexity index is 604. The lowest BCUT2D eigenvalue weighted by molar-refractivity contribution is -0.393. The first-order valence-electron chi connectivity index (χ1n) is 3.79. The van der Waals surface area contributed by atoms with E-state index in [2.05, 4.69) is 14.9 Å². The molecule has 0 aliphatic rings. The zero-order valence-corrected chi connectivity index (χ0v) is 7.35. The molecule has 1 aromatic carbocycles. The van der Waals surface area contributed by atoms with Gasteiger partial charge in [0.1, 0.15) is 6.07 Å². The van der Waals surface area contributed by atoms with Crippen LogP contribution in [0.3, 0.4) is 0 Å². The van der Waals surface area contributed by atoms with Gasteiger partial charge in [-0.1, -0.05) is 0 Å². The first-order chi connectivity index (χ1) is 7.52. The monoisotopic (exact) mass is 226 g/mol. The summed E-state index contributed by atoms with van der Waals surface area (Å²) in [5.41, 5.74) is -2.23. The predicted molar refractivity (Wildman–Crippen MR) is 46.8 cm³/mol. The number of nitro benzene ring substituents is 2. The number of phenolic OH excluding ortho intramolecular Hbond substituents is 1. The summed E-state index contributed by atoms with van der Waals surface area (Å²) in [4.78, 5) is 19.3. The van der Waals surface area contributed by atoms with Gasteiger partial charge >= 0.3 is 11.4 Å². The third kappa shape index (κ3) is 1.20. The fourth-order valence-electron chi connectivity index (χ4n) is 1.18. The van der Waals surface area contributed by atoms with Crippen molar-refractivity contribution >= 4 is 22.4 Å². The van der Waals surface area contributed by atoms with Gasteiger partial charge in [0.15, 0.2) is 5.52 Å². The van der Waals surface area contributed by atoms with E-state index >= 15 is 0 Å². The third-order valence-electron chi connectivity index (χ3n) is 1.86. The van der Waals surface area contributed by atoms with Gasteiger partial charge in [-0.25, -0.2) is 4.63 Å². The van der Waals surface area contributed by atoms with E-state index in [-0.39, 0.29) is 5.52 Å². The Hall–Kier alpha value is -2.78. The van der Waals surface area contributed by atoms with E-state index in [0.717, 1.165) is 0 Å². The molecular formula is C6H2N4O6. The molecule has 2 aromatic rings. The number of nitro groups is 2. The Morgan fingerprint density at radius 3 is 2.25 bits per heavy atom. The minimum Gasteiger partial charge on any atom is -0.500 e. The summed E-state index contributed by atoms with van der Waals surface area (Å²) in [6, 6.07) is 0.599. The van der Waals surface area contributed by atoms with E-state index in [1.54, 1.807) is 0 Å². The largest absolute Gasteiger partial charge is 0.500 e. The van der Waals surface area contributed by atoms with Crippen molar-refractivity contribution in [3.63, 3.8) is 0 Å². The minimum absolute atomic E-state index is 0.340. The number of fused-ring (bicyclic) bond motifs is 1. The Balaban J connectivity index is 2.90. The maximum atomic E-state index is 10.6. The molecule has 0 spiro atoms. The summed E-state index contributed by atoms with van der Waals surface area (Å²) in [5, 5.41) is 36.8. The molecule has 0 aliphatic carbocycles. The molecule has 1 aromatic heterocycles. The maximum Gasteiger partial charge on any atom is 0.320 e. The van der Waals surface area contributed by atoms with Crippen molar-refractivity contribution < 1.29 is 19.6 Å². The van der Waals surface area contributed by atoms with Crippen molar-refractivity contribution in [1.29, 1.82) is 0 Å². The second-order valence-corrected chi connectivity index (χ2v) is 2.74. The smallest absolute Gasteiger partial charge is 0.320 e. The molecule has 0 aliphatic heterocycles. The van der Waals surface area contributed by atoms with Gasteiger partial charge in [-0.2, -0.15) is 0 Å². The van der Waals surface area contributed by atoms with Crippen molar-refractivity contribution in [3.05, 3.63) is 26.3 Å². The van der Waals surface area contributed by atoms with E-state index in [1.165, 1.54) is 0 Å². The molecule has 0 saturated carbocycles. The quantitative estimate of drug-likeness (QED) is 0.582. The van der Waals surface area contributed by atoms with Gasteiger partial charge in [-0.3, -0.25) is 20.2 Å². The number of non-ortho nitro benzene ring substituents is 1. The summed E-state index contributed by atoms with van der Waals surface area (Å²) in [5.74, 6) is -0.813. The number of phenols is 1. The van der Waals surface area contributed by atoms with Crippen molar-refractivity contribution in [2.75, 3.05) is 0 Å². The molecule has 0 unspecified atom stereocenters. The molecule has 0 radical (unpaired) electrons. The van der Waals surface area contributed by atoms with E-state index in [0.29, 0.717) is 6.07 Å². The van der Waals surface area contributed by atoms with E-state index in [4.69, 9.17) is 0 Å². The molecule has 10 heteroatoms. The minimum atomic E-state index is -0.962. The first kappa shape index (κ1) is 9.76. The lowest BCUT2D eigenvalue weighted by Crippen LogP contribution is -1.94. The summed E-state index contributed by atoms with van der Waals surface area (Å²) in [6.07, 6.45) is 0. The molecule has 82 valence electrons. The van der Waals surface area contributed by atoms with Crippen molar-refractivity contribution in [1.82, 2.24) is 10.3 Å². The second kappa shape index (κ2) is 3.12. The first-order valence-corrected chi connectivity index (χ1v) is 3.79. The molecule has 1 N–H and O–H groups in total. The van der Waals surface area contributed by atoms with Crippen LogP contribution >= 0.6 is 0 Å². The highest BCUT2D eigenvalue weighted by molar-refractivity contribution is 5.92. The van der Waals surface area contributed by atoms with Crippen molar-refractivity contribution in [3.8, 4) is 5.75 Å². The molecular weight excluding hydrogens is 224 g/mol. The number of aromatic nitrogens is 2. The van der Waals surface area contributed by atoms with Crippen LogP contribution in [0.4, 0.5) is 11.4 Å². The molecule has 0 amide bonds. The fourth-order valence-corrected chi connectivity index (χ4v) is 1.18. The van der Waals surface area contributed by atoms with Crippen LogP contribution < -0.4 is 0 Å². The summed E-state index contributed by atoms with van der Waals surface area (Å²) >= 11 is 0. The number of aromatic hydroxyl groups is 1. The van der Waals surface area contributed by atoms with Gasteiger partial charge in [0.05, 0.1) is 9.85 Å². The Kier molecular flexibility index (Phi) is 1.90. The molecule has 0 atom stereocenters. The van der Waals surface area contributed by atoms with Gasteiger partial charge < -0.3 is 5.11 Å². The second-order valence-electron chi connectivity index (χ2n) is 2.74. The molecule has 0 fully saturated rings. The normalized spacial score (nSPS) is 10.5. The predicted octanol–water partition coefficient (Wildman–Crippen LogP) is 0.745. The van der Waals surface area contributed by atoms with Crippen LogP contribution in [-0.2, 0) is 0 Å². The number of nitrogens with zero attached hydrogens (tertiary/aromatic N) is 4. The molecule has 0 bridgehead atoms. The zero-order valence-electron chi connectivity index (χ0n) is 7.35. The standard InChI is InChI=1S/C6H2N4O6/c11-6-3(10(14)15)1-2(9(12)13)4-5(6)8-16-7-4/h1,11H. The average molecular weight is 226 g/mol. The van der Waals surface area contributed by atoms with Gasteiger partial charge in [0.2, 0.25) is 11.3 Å². The lowest BCUT2D eigenvalue weighted by atomic mass is 10.2. The van der Waals surface area contributed by atoms with E-state index < -0.39 is 32.5 Å². The SMILES string of the molecule is O=[N+]([O-])c1cc([N+](=O)[O-])c2nonc2c1O. The topological polar surface area (TPSA) is 145 Å². The summed E-state index contributed by atoms with van der Waals surface area (Å²) < 4.78 is 4.18. The highest BCUT2D eigenvalue weighted by Gasteiger charge is 2.29. The molecule has 1 heterocycles. The van der Waals surface area contributed by atoms with Crippen LogP contribution in [0.1, 0.15) is 0 Å². The molecule has 2 rings (SSSR count). The van der Waals surface area contributed by atoms with E-state index in [1.807, 2.05) is 0 Å². The number of rotatable bonds is 2. The van der Waals surface area contributed by atoms with Crippen LogP contribution in [0.15, 0.2) is 10.7 Å². The Morgan fingerprint density at radius 2 is 1.69 bits per heavy atom. The number of hydrogen-bond donors (Lipinski definition) is 1. The molecule has 10 nitrogen and oxygen atoms in total.